The Morgan fingerprint density at radius 3 is 2.00 bits per heavy atom. The van der Waals surface area contributed by atoms with Crippen LogP contribution in [0.4, 0.5) is 13.2 Å². The van der Waals surface area contributed by atoms with Gasteiger partial charge in [-0.05, 0) is 45.1 Å². The molecule has 0 aliphatic heterocycles. The van der Waals surface area contributed by atoms with Crippen molar-refractivity contribution in [3.05, 3.63) is 35.9 Å². The third-order valence-corrected chi connectivity index (χ3v) is 6.64. The zero-order valence-corrected chi connectivity index (χ0v) is 25.5. The van der Waals surface area contributed by atoms with Gasteiger partial charge < -0.3 is 26.2 Å². The van der Waals surface area contributed by atoms with E-state index >= 15 is 0 Å². The maximum absolute atomic E-state index is 13.4. The lowest BCUT2D eigenvalue weighted by atomic mass is 9.89. The first-order chi connectivity index (χ1) is 19.7. The first-order valence-electron chi connectivity index (χ1n) is 14.1. The Morgan fingerprint density at radius 1 is 0.930 bits per heavy atom. The summed E-state index contributed by atoms with van der Waals surface area (Å²) in [6.45, 7) is 9.92. The number of aliphatic hydroxyl groups is 1. The Kier molecular flexibility index (Phi) is 14.3. The van der Waals surface area contributed by atoms with Gasteiger partial charge in [0.15, 0.2) is 11.9 Å². The fourth-order valence-electron chi connectivity index (χ4n) is 4.26. The van der Waals surface area contributed by atoms with Gasteiger partial charge in [0.2, 0.25) is 17.7 Å². The monoisotopic (exact) mass is 615 g/mol. The molecule has 0 aliphatic rings. The Bertz CT molecular complexity index is 1100. The minimum Gasteiger partial charge on any atom is -0.460 e. The summed E-state index contributed by atoms with van der Waals surface area (Å²) < 4.78 is 44.8. The molecule has 5 N–H and O–H groups in total. The van der Waals surface area contributed by atoms with Crippen LogP contribution in [0.3, 0.4) is 0 Å². The number of rotatable bonds is 16. The number of ketones is 1. The topological polar surface area (TPSA) is 165 Å². The van der Waals surface area contributed by atoms with Crippen LogP contribution in [0.15, 0.2) is 30.3 Å². The minimum absolute atomic E-state index is 0.0605. The summed E-state index contributed by atoms with van der Waals surface area (Å²) in [5.41, 5.74) is 4.96. The number of alkyl halides is 3. The molecule has 2 unspecified atom stereocenters. The van der Waals surface area contributed by atoms with Gasteiger partial charge >= 0.3 is 12.1 Å². The largest absolute Gasteiger partial charge is 0.460 e. The molecule has 242 valence electrons. The second-order valence-corrected chi connectivity index (χ2v) is 12.1. The molecule has 0 spiro atoms. The summed E-state index contributed by atoms with van der Waals surface area (Å²) in [6.07, 6.45) is -9.73. The number of carbonyl (C=O) groups excluding carboxylic acids is 5. The molecule has 0 saturated heterocycles. The van der Waals surface area contributed by atoms with Crippen LogP contribution in [0.25, 0.3) is 0 Å². The van der Waals surface area contributed by atoms with Crippen LogP contribution < -0.4 is 16.4 Å². The van der Waals surface area contributed by atoms with Crippen molar-refractivity contribution >= 4 is 29.5 Å². The fourth-order valence-corrected chi connectivity index (χ4v) is 4.26. The third kappa shape index (κ3) is 14.0. The van der Waals surface area contributed by atoms with E-state index in [1.165, 1.54) is 6.92 Å². The molecule has 3 amide bonds. The van der Waals surface area contributed by atoms with E-state index in [9.17, 15) is 42.3 Å². The molecule has 0 aliphatic carbocycles. The maximum atomic E-state index is 13.4. The van der Waals surface area contributed by atoms with Crippen molar-refractivity contribution in [2.24, 2.45) is 23.5 Å². The summed E-state index contributed by atoms with van der Waals surface area (Å²) in [4.78, 5) is 63.1. The van der Waals surface area contributed by atoms with Crippen molar-refractivity contribution in [3.63, 3.8) is 0 Å². The first-order valence-corrected chi connectivity index (χ1v) is 14.1. The highest BCUT2D eigenvalue weighted by Gasteiger charge is 2.44. The van der Waals surface area contributed by atoms with Gasteiger partial charge in [0, 0.05) is 18.8 Å². The van der Waals surface area contributed by atoms with Crippen LogP contribution >= 0.6 is 0 Å². The molecule has 13 heteroatoms. The third-order valence-electron chi connectivity index (χ3n) is 6.64. The number of ether oxygens (including phenoxy) is 1. The van der Waals surface area contributed by atoms with Crippen LogP contribution in [-0.2, 0) is 35.1 Å². The fraction of sp³-hybridized carbons (Fsp3) is 0.633. The molecule has 0 radical (unpaired) electrons. The zero-order chi connectivity index (χ0) is 33.1. The van der Waals surface area contributed by atoms with E-state index in [0.29, 0.717) is 5.56 Å². The van der Waals surface area contributed by atoms with Crippen molar-refractivity contribution in [1.82, 2.24) is 10.6 Å². The Hall–Kier alpha value is -3.48. The molecular formula is C30H44F3N3O7. The summed E-state index contributed by atoms with van der Waals surface area (Å²) in [6, 6.07) is 5.76. The molecule has 0 fully saturated rings. The number of nitrogens with two attached hydrogens (primary N) is 1. The summed E-state index contributed by atoms with van der Waals surface area (Å²) in [5, 5.41) is 14.5. The van der Waals surface area contributed by atoms with E-state index in [0.717, 1.165) is 0 Å². The van der Waals surface area contributed by atoms with E-state index in [-0.39, 0.29) is 18.8 Å². The zero-order valence-electron chi connectivity index (χ0n) is 25.5. The highest BCUT2D eigenvalue weighted by molar-refractivity contribution is 5.93. The minimum atomic E-state index is -5.08. The van der Waals surface area contributed by atoms with Crippen LogP contribution in [-0.4, -0.2) is 64.5 Å². The van der Waals surface area contributed by atoms with E-state index in [1.54, 1.807) is 65.0 Å². The predicted octanol–water partition coefficient (Wildman–Crippen LogP) is 2.99. The molecule has 10 nitrogen and oxygen atoms in total. The lowest BCUT2D eigenvalue weighted by molar-refractivity contribution is -0.213. The summed E-state index contributed by atoms with van der Waals surface area (Å²) >= 11 is 0. The van der Waals surface area contributed by atoms with Crippen molar-refractivity contribution in [2.75, 3.05) is 0 Å². The molecule has 1 rings (SSSR count). The van der Waals surface area contributed by atoms with Crippen LogP contribution in [0.1, 0.15) is 72.8 Å². The number of aliphatic hydroxyl groups excluding tert-OH is 1. The van der Waals surface area contributed by atoms with Gasteiger partial charge in [0.05, 0.1) is 24.4 Å². The first kappa shape index (κ1) is 37.5. The number of hydrogen-bond donors (Lipinski definition) is 4. The smallest absolute Gasteiger partial charge is 0.416 e. The normalized spacial score (nSPS) is 15.5. The van der Waals surface area contributed by atoms with Gasteiger partial charge in [-0.1, -0.05) is 51.1 Å². The molecule has 43 heavy (non-hydrogen) atoms. The number of esters is 1. The number of hydrogen-bond acceptors (Lipinski definition) is 7. The number of nitrogens with one attached hydrogen (secondary N) is 2. The molecule has 0 saturated carbocycles. The molecular weight excluding hydrogens is 571 g/mol. The molecule has 1 aromatic carbocycles. The second kappa shape index (κ2) is 16.4. The van der Waals surface area contributed by atoms with Gasteiger partial charge in [-0.25, -0.2) is 0 Å². The van der Waals surface area contributed by atoms with E-state index < -0.39 is 90.5 Å². The Morgan fingerprint density at radius 2 is 1.51 bits per heavy atom. The predicted molar refractivity (Wildman–Crippen MR) is 152 cm³/mol. The number of primary amides is 1. The van der Waals surface area contributed by atoms with Gasteiger partial charge in [-0.15, -0.1) is 0 Å². The van der Waals surface area contributed by atoms with E-state index in [1.807, 2.05) is 0 Å². The number of Topliss-reactive ketones (excluding diaryl/α,β-unsaturated/α-hetero) is 1. The second-order valence-electron chi connectivity index (χ2n) is 12.1. The van der Waals surface area contributed by atoms with Crippen LogP contribution in [0.2, 0.25) is 0 Å². The van der Waals surface area contributed by atoms with Gasteiger partial charge in [-0.3, -0.25) is 24.0 Å². The van der Waals surface area contributed by atoms with Gasteiger partial charge in [0.1, 0.15) is 5.60 Å². The van der Waals surface area contributed by atoms with Crippen molar-refractivity contribution in [3.8, 4) is 0 Å². The van der Waals surface area contributed by atoms with Crippen LogP contribution in [0, 0.1) is 17.8 Å². The average Bonchev–Trinajstić information content (AvgIpc) is 2.87. The van der Waals surface area contributed by atoms with E-state index in [2.05, 4.69) is 10.6 Å². The highest BCUT2D eigenvalue weighted by atomic mass is 19.4. The van der Waals surface area contributed by atoms with Gasteiger partial charge in [0.25, 0.3) is 0 Å². The van der Waals surface area contributed by atoms with Crippen molar-refractivity contribution < 1.29 is 47.0 Å². The summed E-state index contributed by atoms with van der Waals surface area (Å²) in [7, 11) is 0. The average molecular weight is 616 g/mol. The number of carbonyl (C=O) groups is 5. The molecule has 0 aromatic heterocycles. The molecule has 5 atom stereocenters. The summed E-state index contributed by atoms with van der Waals surface area (Å²) in [5.74, 6) is -5.84. The molecule has 0 heterocycles. The van der Waals surface area contributed by atoms with Crippen LogP contribution in [0.5, 0.6) is 0 Å². The lowest BCUT2D eigenvalue weighted by Gasteiger charge is -2.28. The molecule has 0 bridgehead atoms. The van der Waals surface area contributed by atoms with Crippen molar-refractivity contribution in [1.29, 1.82) is 0 Å². The van der Waals surface area contributed by atoms with E-state index in [4.69, 9.17) is 10.5 Å². The Labute approximate surface area is 250 Å². The number of amides is 3. The standard InChI is InChI=1S/C30H44F3N3O7/c1-17(2)20(16-25(39)43-29(4,5)6)28(42)36-22(15-19-10-8-7-9-11-19)23(37)14-18(3)27(41)35-21(12-13-24(34)38)26(40)30(31,32)33/h7-11,17-18,20-22,26,40H,12-16H2,1-6H3,(H2,34,38)(H,35,41)(H,36,42)/t18-,20+,21?,22+,26?/m1/s1. The Balaban J connectivity index is 3.11. The highest BCUT2D eigenvalue weighted by Crippen LogP contribution is 2.25. The molecule has 1 aromatic rings. The lowest BCUT2D eigenvalue weighted by Crippen LogP contribution is -2.52. The SMILES string of the molecule is CC(C)[C@H](CC(=O)OC(C)(C)C)C(=O)N[C@@H](Cc1ccccc1)C(=O)C[C@@H](C)C(=O)NC(CCC(N)=O)C(O)C(F)(F)F. The maximum Gasteiger partial charge on any atom is 0.416 e. The quantitative estimate of drug-likeness (QED) is 0.208. The van der Waals surface area contributed by atoms with Crippen molar-refractivity contribution in [2.45, 2.75) is 104 Å². The number of benzene rings is 1. The number of halogens is 3. The van der Waals surface area contributed by atoms with Gasteiger partial charge in [-0.2, -0.15) is 13.2 Å².